The molecule has 7 heteroatoms. The summed E-state index contributed by atoms with van der Waals surface area (Å²) >= 11 is 3.42. The summed E-state index contributed by atoms with van der Waals surface area (Å²) < 4.78 is 6.37. The first kappa shape index (κ1) is 17.7. The van der Waals surface area contributed by atoms with Crippen LogP contribution < -0.4 is 0 Å². The van der Waals surface area contributed by atoms with Crippen molar-refractivity contribution in [1.82, 2.24) is 9.88 Å². The minimum atomic E-state index is -0.318. The van der Waals surface area contributed by atoms with Crippen molar-refractivity contribution in [3.05, 3.63) is 40.2 Å². The van der Waals surface area contributed by atoms with Crippen LogP contribution in [0.2, 0.25) is 0 Å². The second-order valence-corrected chi connectivity index (χ2v) is 6.95. The molecule has 0 spiro atoms. The van der Waals surface area contributed by atoms with Crippen LogP contribution in [0.25, 0.3) is 11.5 Å². The fourth-order valence-electron chi connectivity index (χ4n) is 2.59. The van der Waals surface area contributed by atoms with Crippen molar-refractivity contribution in [2.24, 2.45) is 4.99 Å². The van der Waals surface area contributed by atoms with Gasteiger partial charge in [-0.05, 0) is 55.1 Å². The summed E-state index contributed by atoms with van der Waals surface area (Å²) in [7, 11) is 3.96. The largest absolute Gasteiger partial charge is 0.432 e. The molecule has 130 valence electrons. The third-order valence-electron chi connectivity index (χ3n) is 3.86. The predicted molar refractivity (Wildman–Crippen MR) is 98.4 cm³/mol. The third-order valence-corrected chi connectivity index (χ3v) is 4.55. The van der Waals surface area contributed by atoms with Gasteiger partial charge in [0, 0.05) is 11.0 Å². The quantitative estimate of drug-likeness (QED) is 0.715. The average molecular weight is 404 g/mol. The maximum atomic E-state index is 12.6. The molecule has 0 unspecified atom stereocenters. The molecule has 0 aliphatic heterocycles. The number of fused-ring (bicyclic) bond motifs is 1. The van der Waals surface area contributed by atoms with Crippen LogP contribution in [-0.2, 0) is 0 Å². The van der Waals surface area contributed by atoms with Crippen molar-refractivity contribution in [2.45, 2.75) is 12.8 Å². The molecule has 0 fully saturated rings. The molecule has 1 aromatic carbocycles. The van der Waals surface area contributed by atoms with E-state index in [0.717, 1.165) is 17.4 Å². The standard InChI is InChI=1S/C18H18BrN3O3/c1-22(2)9-5-8-20-13-10-14(23)17-15(16(13)24)21-18(25-17)11-6-3-4-7-12(11)19/h3-4,6-7H,5,8-10H2,1-2H3. The van der Waals surface area contributed by atoms with Crippen molar-refractivity contribution < 1.29 is 14.0 Å². The summed E-state index contributed by atoms with van der Waals surface area (Å²) in [5.74, 6) is -0.288. The Kier molecular flexibility index (Phi) is 5.24. The maximum absolute atomic E-state index is 12.6. The lowest BCUT2D eigenvalue weighted by Crippen LogP contribution is -2.27. The molecule has 0 atom stereocenters. The Morgan fingerprint density at radius 2 is 2.04 bits per heavy atom. The molecule has 1 aliphatic carbocycles. The number of hydrogen-bond donors (Lipinski definition) is 0. The first-order chi connectivity index (χ1) is 12.0. The van der Waals surface area contributed by atoms with E-state index < -0.39 is 0 Å². The SMILES string of the molecule is CN(C)CCCN=C1CC(=O)c2oc(-c3ccccc3Br)nc2C1=O. The van der Waals surface area contributed by atoms with Gasteiger partial charge in [-0.1, -0.05) is 12.1 Å². The highest BCUT2D eigenvalue weighted by Gasteiger charge is 2.35. The summed E-state index contributed by atoms with van der Waals surface area (Å²) in [6.07, 6.45) is 0.796. The minimum Gasteiger partial charge on any atom is -0.432 e. The van der Waals surface area contributed by atoms with Gasteiger partial charge in [-0.15, -0.1) is 0 Å². The first-order valence-electron chi connectivity index (χ1n) is 7.99. The number of halogens is 1. The van der Waals surface area contributed by atoms with E-state index in [-0.39, 0.29) is 41.0 Å². The first-order valence-corrected chi connectivity index (χ1v) is 8.78. The summed E-state index contributed by atoms with van der Waals surface area (Å²) in [5.41, 5.74) is 1.03. The minimum absolute atomic E-state index is 0.0294. The molecule has 0 radical (unpaired) electrons. The van der Waals surface area contributed by atoms with Crippen LogP contribution in [0.1, 0.15) is 33.9 Å². The number of carbonyl (C=O) groups excluding carboxylic acids is 2. The third kappa shape index (κ3) is 3.77. The molecule has 1 aromatic heterocycles. The van der Waals surface area contributed by atoms with Crippen LogP contribution in [0.15, 0.2) is 38.1 Å². The second kappa shape index (κ2) is 7.41. The Labute approximate surface area is 154 Å². The van der Waals surface area contributed by atoms with Crippen LogP contribution in [0, 0.1) is 0 Å². The molecular weight excluding hydrogens is 386 g/mol. The second-order valence-electron chi connectivity index (χ2n) is 6.09. The van der Waals surface area contributed by atoms with Crippen molar-refractivity contribution >= 4 is 33.2 Å². The van der Waals surface area contributed by atoms with E-state index in [9.17, 15) is 9.59 Å². The number of aliphatic imine (C=N–C) groups is 1. The van der Waals surface area contributed by atoms with E-state index in [2.05, 4.69) is 25.9 Å². The fraction of sp³-hybridized carbons (Fsp3) is 0.333. The number of benzene rings is 1. The lowest BCUT2D eigenvalue weighted by Gasteiger charge is -2.10. The maximum Gasteiger partial charge on any atom is 0.229 e. The van der Waals surface area contributed by atoms with Crippen LogP contribution in [0.5, 0.6) is 0 Å². The monoisotopic (exact) mass is 403 g/mol. The fourth-order valence-corrected chi connectivity index (χ4v) is 3.05. The number of nitrogens with zero attached hydrogens (tertiary/aromatic N) is 3. The van der Waals surface area contributed by atoms with Crippen molar-refractivity contribution in [2.75, 3.05) is 27.2 Å². The van der Waals surface area contributed by atoms with Gasteiger partial charge in [-0.25, -0.2) is 4.98 Å². The van der Waals surface area contributed by atoms with Gasteiger partial charge in [0.15, 0.2) is 5.69 Å². The predicted octanol–water partition coefficient (Wildman–Crippen LogP) is 3.27. The zero-order chi connectivity index (χ0) is 18.0. The van der Waals surface area contributed by atoms with E-state index in [1.54, 1.807) is 0 Å². The number of ketones is 2. The van der Waals surface area contributed by atoms with Gasteiger partial charge in [0.25, 0.3) is 0 Å². The van der Waals surface area contributed by atoms with Gasteiger partial charge in [0.2, 0.25) is 23.2 Å². The van der Waals surface area contributed by atoms with Crippen molar-refractivity contribution in [1.29, 1.82) is 0 Å². The Bertz CT molecular complexity index is 855. The van der Waals surface area contributed by atoms with Gasteiger partial charge >= 0.3 is 0 Å². The smallest absolute Gasteiger partial charge is 0.229 e. The molecule has 1 heterocycles. The van der Waals surface area contributed by atoms with E-state index in [4.69, 9.17) is 4.42 Å². The van der Waals surface area contributed by atoms with Gasteiger partial charge in [0.1, 0.15) is 0 Å². The Balaban J connectivity index is 1.87. The van der Waals surface area contributed by atoms with E-state index in [0.29, 0.717) is 12.1 Å². The van der Waals surface area contributed by atoms with E-state index in [1.165, 1.54) is 0 Å². The van der Waals surface area contributed by atoms with Gasteiger partial charge in [0.05, 0.1) is 17.7 Å². The summed E-state index contributed by atoms with van der Waals surface area (Å²) in [4.78, 5) is 35.5. The van der Waals surface area contributed by atoms with Crippen LogP contribution >= 0.6 is 15.9 Å². The molecule has 1 aliphatic rings. The van der Waals surface area contributed by atoms with E-state index >= 15 is 0 Å². The number of carbonyl (C=O) groups is 2. The lowest BCUT2D eigenvalue weighted by atomic mass is 9.97. The molecule has 25 heavy (non-hydrogen) atoms. The molecule has 0 saturated carbocycles. The van der Waals surface area contributed by atoms with E-state index in [1.807, 2.05) is 43.3 Å². The molecule has 6 nitrogen and oxygen atoms in total. The average Bonchev–Trinajstić information content (AvgIpc) is 3.02. The lowest BCUT2D eigenvalue weighted by molar-refractivity contribution is 0.0940. The Hall–Kier alpha value is -2.12. The van der Waals surface area contributed by atoms with Crippen molar-refractivity contribution in [3.63, 3.8) is 0 Å². The molecule has 2 aromatic rings. The zero-order valence-electron chi connectivity index (χ0n) is 14.1. The van der Waals surface area contributed by atoms with Crippen LogP contribution in [0.4, 0.5) is 0 Å². The molecule has 0 saturated heterocycles. The number of aromatic nitrogens is 1. The molecule has 0 bridgehead atoms. The number of Topliss-reactive ketones (excluding diaryl/α,β-unsaturated/α-hetero) is 2. The summed E-state index contributed by atoms with van der Waals surface area (Å²) in [6, 6.07) is 7.36. The highest BCUT2D eigenvalue weighted by atomic mass is 79.9. The van der Waals surface area contributed by atoms with Crippen LogP contribution in [-0.4, -0.2) is 54.3 Å². The Morgan fingerprint density at radius 3 is 2.76 bits per heavy atom. The molecular formula is C18H18BrN3O3. The summed E-state index contributed by atoms with van der Waals surface area (Å²) in [5, 5.41) is 0. The molecule has 0 amide bonds. The van der Waals surface area contributed by atoms with Gasteiger partial charge < -0.3 is 9.32 Å². The molecule has 0 N–H and O–H groups in total. The highest BCUT2D eigenvalue weighted by Crippen LogP contribution is 2.31. The summed E-state index contributed by atoms with van der Waals surface area (Å²) in [6.45, 7) is 1.39. The number of rotatable bonds is 5. The van der Waals surface area contributed by atoms with Crippen molar-refractivity contribution in [3.8, 4) is 11.5 Å². The van der Waals surface area contributed by atoms with Crippen LogP contribution in [0.3, 0.4) is 0 Å². The Morgan fingerprint density at radius 1 is 1.28 bits per heavy atom. The zero-order valence-corrected chi connectivity index (χ0v) is 15.7. The van der Waals surface area contributed by atoms with Gasteiger partial charge in [-0.3, -0.25) is 14.6 Å². The number of oxazole rings is 1. The topological polar surface area (TPSA) is 75.8 Å². The molecule has 3 rings (SSSR count). The normalized spacial score (nSPS) is 15.9. The van der Waals surface area contributed by atoms with Gasteiger partial charge in [-0.2, -0.15) is 0 Å². The highest BCUT2D eigenvalue weighted by molar-refractivity contribution is 9.10. The number of hydrogen-bond acceptors (Lipinski definition) is 6.